The summed E-state index contributed by atoms with van der Waals surface area (Å²) in [6.45, 7) is 6.00. The fourth-order valence-electron chi connectivity index (χ4n) is 4.19. The zero-order valence-electron chi connectivity index (χ0n) is 20.3. The predicted octanol–water partition coefficient (Wildman–Crippen LogP) is 5.76. The van der Waals surface area contributed by atoms with Crippen molar-refractivity contribution < 1.29 is 18.0 Å². The normalized spacial score (nSPS) is 11.8. The third-order valence-electron chi connectivity index (χ3n) is 5.97. The molecule has 0 spiro atoms. The molecule has 3 aromatic heterocycles. The number of carbonyl (C=O) groups excluding carboxylic acids is 1. The van der Waals surface area contributed by atoms with Crippen LogP contribution in [0.2, 0.25) is 0 Å². The molecule has 0 aliphatic rings. The van der Waals surface area contributed by atoms with Crippen molar-refractivity contribution in [3.05, 3.63) is 71.1 Å². The van der Waals surface area contributed by atoms with E-state index in [1.165, 1.54) is 18.6 Å². The number of carbonyl (C=O) groups is 1. The number of nitrogens with zero attached hydrogens (tertiary/aromatic N) is 5. The third-order valence-corrected chi connectivity index (χ3v) is 5.97. The molecule has 0 bridgehead atoms. The molecule has 0 N–H and O–H groups in total. The summed E-state index contributed by atoms with van der Waals surface area (Å²) in [5, 5.41) is 3.64. The highest BCUT2D eigenvalue weighted by molar-refractivity contribution is 5.97. The Labute approximate surface area is 207 Å². The van der Waals surface area contributed by atoms with E-state index in [0.29, 0.717) is 35.7 Å². The Kier molecular flexibility index (Phi) is 6.97. The Bertz CT molecular complexity index is 1460. The fourth-order valence-corrected chi connectivity index (χ4v) is 4.19. The van der Waals surface area contributed by atoms with E-state index in [-0.39, 0.29) is 23.6 Å². The van der Waals surface area contributed by atoms with Crippen molar-refractivity contribution in [3.63, 3.8) is 0 Å². The first-order valence-corrected chi connectivity index (χ1v) is 11.6. The average molecular weight is 494 g/mol. The maximum absolute atomic E-state index is 13.7. The number of fused-ring (bicyclic) bond motifs is 1. The minimum atomic E-state index is -4.65. The highest BCUT2D eigenvalue weighted by Gasteiger charge is 2.38. The van der Waals surface area contributed by atoms with Crippen LogP contribution in [0.1, 0.15) is 59.6 Å². The highest BCUT2D eigenvalue weighted by Crippen LogP contribution is 2.36. The number of imidazole rings is 1. The quantitative estimate of drug-likeness (QED) is 0.231. The molecule has 0 amide bonds. The second-order valence-electron chi connectivity index (χ2n) is 9.18. The molecule has 36 heavy (non-hydrogen) atoms. The van der Waals surface area contributed by atoms with E-state index in [4.69, 9.17) is 6.42 Å². The van der Waals surface area contributed by atoms with Crippen LogP contribution in [0, 0.1) is 25.2 Å². The molecule has 4 rings (SSSR count). The Morgan fingerprint density at radius 2 is 2.00 bits per heavy atom. The van der Waals surface area contributed by atoms with Gasteiger partial charge in [0.2, 0.25) is 0 Å². The number of aryl methyl sites for hydroxylation is 1. The number of ketones is 1. The van der Waals surface area contributed by atoms with Gasteiger partial charge in [-0.15, -0.1) is 6.42 Å². The zero-order chi connectivity index (χ0) is 26.0. The average Bonchev–Trinajstić information content (AvgIpc) is 3.42. The lowest BCUT2D eigenvalue weighted by molar-refractivity contribution is -0.141. The van der Waals surface area contributed by atoms with Crippen LogP contribution in [-0.2, 0) is 19.1 Å². The van der Waals surface area contributed by atoms with E-state index in [0.717, 1.165) is 22.2 Å². The lowest BCUT2D eigenvalue weighted by Gasteiger charge is -2.10. The monoisotopic (exact) mass is 493 g/mol. The van der Waals surface area contributed by atoms with Crippen molar-refractivity contribution in [1.82, 2.24) is 24.1 Å². The molecule has 0 atom stereocenters. The molecule has 9 heteroatoms. The van der Waals surface area contributed by atoms with Gasteiger partial charge >= 0.3 is 6.18 Å². The van der Waals surface area contributed by atoms with Crippen LogP contribution in [-0.4, -0.2) is 29.9 Å². The van der Waals surface area contributed by atoms with Crippen molar-refractivity contribution in [1.29, 1.82) is 0 Å². The second kappa shape index (κ2) is 9.97. The smallest absolute Gasteiger partial charge is 0.296 e. The van der Waals surface area contributed by atoms with Crippen molar-refractivity contribution in [2.75, 3.05) is 0 Å². The number of benzene rings is 1. The van der Waals surface area contributed by atoms with Gasteiger partial charge < -0.3 is 0 Å². The van der Waals surface area contributed by atoms with Gasteiger partial charge in [0.15, 0.2) is 17.1 Å². The van der Waals surface area contributed by atoms with Crippen LogP contribution >= 0.6 is 0 Å². The Morgan fingerprint density at radius 3 is 2.67 bits per heavy atom. The SMILES string of the molecule is C#CCn1cc(-c2cnc3c(Cc4ccc(C(=O)CCC(C)C)c(C)c4)nccn23)c(C(F)(F)F)n1. The van der Waals surface area contributed by atoms with Gasteiger partial charge in [0.25, 0.3) is 0 Å². The van der Waals surface area contributed by atoms with Gasteiger partial charge in [-0.2, -0.15) is 18.3 Å². The van der Waals surface area contributed by atoms with Crippen LogP contribution in [0.4, 0.5) is 13.2 Å². The standard InChI is InChI=1S/C27H26F3N5O/c1-5-11-34-16-21(25(33-34)27(28,29)30)23-15-32-26-22(31-10-12-35(23)26)14-19-7-8-20(18(4)13-19)24(36)9-6-17(2)3/h1,7-8,10,12-13,15-17H,6,9,11,14H2,2-4H3. The van der Waals surface area contributed by atoms with Crippen LogP contribution < -0.4 is 0 Å². The first-order chi connectivity index (χ1) is 17.1. The summed E-state index contributed by atoms with van der Waals surface area (Å²) in [6.07, 6.45) is 8.13. The van der Waals surface area contributed by atoms with E-state index in [1.54, 1.807) is 10.6 Å². The first kappa shape index (κ1) is 25.2. The molecule has 0 aliphatic carbocycles. The highest BCUT2D eigenvalue weighted by atomic mass is 19.4. The number of hydrogen-bond acceptors (Lipinski definition) is 4. The first-order valence-electron chi connectivity index (χ1n) is 11.6. The van der Waals surface area contributed by atoms with Gasteiger partial charge in [-0.25, -0.2) is 4.98 Å². The topological polar surface area (TPSA) is 65.1 Å². The van der Waals surface area contributed by atoms with E-state index >= 15 is 0 Å². The summed E-state index contributed by atoms with van der Waals surface area (Å²) in [5.74, 6) is 2.88. The van der Waals surface area contributed by atoms with E-state index in [2.05, 4.69) is 34.8 Å². The Balaban J connectivity index is 1.66. The molecule has 0 unspecified atom stereocenters. The minimum absolute atomic E-state index is 0.0814. The number of terminal acetylenes is 1. The minimum Gasteiger partial charge on any atom is -0.296 e. The summed E-state index contributed by atoms with van der Waals surface area (Å²) in [6, 6.07) is 5.67. The molecule has 6 nitrogen and oxygen atoms in total. The third kappa shape index (κ3) is 5.18. The summed E-state index contributed by atoms with van der Waals surface area (Å²) >= 11 is 0. The lowest BCUT2D eigenvalue weighted by atomic mass is 9.96. The summed E-state index contributed by atoms with van der Waals surface area (Å²) in [5.41, 5.74) is 2.67. The molecular formula is C27H26F3N5O. The second-order valence-corrected chi connectivity index (χ2v) is 9.18. The Hall–Kier alpha value is -3.93. The number of Topliss-reactive ketones (excluding diaryl/α,β-unsaturated/α-hetero) is 1. The van der Waals surface area contributed by atoms with Crippen LogP contribution in [0.25, 0.3) is 16.9 Å². The predicted molar refractivity (Wildman–Crippen MR) is 130 cm³/mol. The molecule has 0 radical (unpaired) electrons. The summed E-state index contributed by atoms with van der Waals surface area (Å²) < 4.78 is 43.7. The van der Waals surface area contributed by atoms with Crippen molar-refractivity contribution in [2.24, 2.45) is 5.92 Å². The van der Waals surface area contributed by atoms with Gasteiger partial charge in [-0.1, -0.05) is 38.0 Å². The van der Waals surface area contributed by atoms with Crippen LogP contribution in [0.3, 0.4) is 0 Å². The number of halogens is 3. The van der Waals surface area contributed by atoms with Gasteiger partial charge in [-0.3, -0.25) is 18.9 Å². The van der Waals surface area contributed by atoms with Crippen molar-refractivity contribution >= 4 is 11.4 Å². The van der Waals surface area contributed by atoms with E-state index in [1.807, 2.05) is 25.1 Å². The molecule has 186 valence electrons. The maximum atomic E-state index is 13.7. The number of alkyl halides is 3. The number of aromatic nitrogens is 5. The lowest BCUT2D eigenvalue weighted by Crippen LogP contribution is -2.09. The molecule has 0 fully saturated rings. The van der Waals surface area contributed by atoms with Crippen molar-refractivity contribution in [2.45, 2.75) is 52.8 Å². The van der Waals surface area contributed by atoms with Crippen LogP contribution in [0.5, 0.6) is 0 Å². The molecule has 0 saturated carbocycles. The summed E-state index contributed by atoms with van der Waals surface area (Å²) in [4.78, 5) is 21.4. The molecule has 0 saturated heterocycles. The molecular weight excluding hydrogens is 467 g/mol. The zero-order valence-corrected chi connectivity index (χ0v) is 20.3. The molecule has 3 heterocycles. The number of rotatable bonds is 8. The van der Waals surface area contributed by atoms with Gasteiger partial charge in [0.1, 0.15) is 6.54 Å². The fraction of sp³-hybridized carbons (Fsp3) is 0.333. The molecule has 1 aromatic carbocycles. The van der Waals surface area contributed by atoms with E-state index in [9.17, 15) is 18.0 Å². The van der Waals surface area contributed by atoms with Gasteiger partial charge in [-0.05, 0) is 30.4 Å². The molecule has 4 aromatic rings. The van der Waals surface area contributed by atoms with E-state index < -0.39 is 11.9 Å². The van der Waals surface area contributed by atoms with Crippen LogP contribution in [0.15, 0.2) is 43.0 Å². The van der Waals surface area contributed by atoms with Crippen molar-refractivity contribution in [3.8, 4) is 23.6 Å². The van der Waals surface area contributed by atoms with Gasteiger partial charge in [0, 0.05) is 37.0 Å². The maximum Gasteiger partial charge on any atom is 0.435 e. The Morgan fingerprint density at radius 1 is 1.22 bits per heavy atom. The molecule has 0 aliphatic heterocycles. The number of hydrogen-bond donors (Lipinski definition) is 0. The summed E-state index contributed by atoms with van der Waals surface area (Å²) in [7, 11) is 0. The van der Waals surface area contributed by atoms with Gasteiger partial charge in [0.05, 0.1) is 23.1 Å². The largest absolute Gasteiger partial charge is 0.435 e.